The summed E-state index contributed by atoms with van der Waals surface area (Å²) in [5.74, 6) is -1.46. The van der Waals surface area contributed by atoms with Crippen LogP contribution in [0.4, 0.5) is 0 Å². The lowest BCUT2D eigenvalue weighted by atomic mass is 10.0. The Morgan fingerprint density at radius 2 is 1.89 bits per heavy atom. The molecule has 5 heterocycles. The summed E-state index contributed by atoms with van der Waals surface area (Å²) < 4.78 is 1.40. The molecule has 4 amide bonds. The van der Waals surface area contributed by atoms with Crippen molar-refractivity contribution in [1.29, 1.82) is 0 Å². The molecule has 0 bridgehead atoms. The van der Waals surface area contributed by atoms with Crippen LogP contribution in [-0.4, -0.2) is 64.7 Å². The number of imide groups is 1. The number of carbonyl (C=O) groups is 4. The Morgan fingerprint density at radius 3 is 2.71 bits per heavy atom. The molecular weight excluding hydrogens is 456 g/mol. The molecule has 1 aromatic carbocycles. The molecule has 3 aliphatic rings. The second-order valence-corrected chi connectivity index (χ2v) is 8.66. The number of aromatic nitrogens is 5. The molecule has 1 fully saturated rings. The van der Waals surface area contributed by atoms with Crippen molar-refractivity contribution in [2.24, 2.45) is 0 Å². The molecule has 0 saturated carbocycles. The molecule has 35 heavy (non-hydrogen) atoms. The van der Waals surface area contributed by atoms with E-state index in [4.69, 9.17) is 0 Å². The number of piperidine rings is 1. The van der Waals surface area contributed by atoms with Gasteiger partial charge in [0.1, 0.15) is 6.04 Å². The van der Waals surface area contributed by atoms with E-state index in [-0.39, 0.29) is 61.5 Å². The lowest BCUT2D eigenvalue weighted by Gasteiger charge is -2.29. The van der Waals surface area contributed by atoms with Crippen molar-refractivity contribution < 1.29 is 19.2 Å². The minimum atomic E-state index is -0.694. The van der Waals surface area contributed by atoms with Crippen molar-refractivity contribution >= 4 is 23.6 Å². The predicted octanol–water partition coefficient (Wildman–Crippen LogP) is -0.732. The van der Waals surface area contributed by atoms with Crippen LogP contribution in [0.5, 0.6) is 0 Å². The Labute approximate surface area is 196 Å². The molecule has 3 aliphatic heterocycles. The van der Waals surface area contributed by atoms with Gasteiger partial charge in [-0.15, -0.1) is 5.10 Å². The van der Waals surface area contributed by atoms with Crippen LogP contribution >= 0.6 is 0 Å². The molecule has 2 aromatic heterocycles. The molecular formula is C22H18N8O5. The first-order valence-electron chi connectivity index (χ1n) is 10.9. The number of nitrogens with zero attached hydrogens (tertiary/aromatic N) is 6. The highest BCUT2D eigenvalue weighted by molar-refractivity contribution is 6.05. The van der Waals surface area contributed by atoms with Crippen LogP contribution in [0, 0.1) is 0 Å². The molecule has 176 valence electrons. The van der Waals surface area contributed by atoms with Gasteiger partial charge in [0.2, 0.25) is 11.8 Å². The first-order chi connectivity index (χ1) is 16.9. The summed E-state index contributed by atoms with van der Waals surface area (Å²) in [6.07, 6.45) is 1.95. The highest BCUT2D eigenvalue weighted by Crippen LogP contribution is 2.29. The van der Waals surface area contributed by atoms with E-state index in [1.807, 2.05) is 0 Å². The van der Waals surface area contributed by atoms with Crippen molar-refractivity contribution in [1.82, 2.24) is 40.3 Å². The topological polar surface area (TPSA) is 163 Å². The molecule has 0 aliphatic carbocycles. The number of nitrogens with one attached hydrogen (secondary N) is 2. The van der Waals surface area contributed by atoms with Gasteiger partial charge in [-0.25, -0.2) is 9.78 Å². The normalized spacial score (nSPS) is 19.1. The quantitative estimate of drug-likeness (QED) is 0.469. The van der Waals surface area contributed by atoms with E-state index in [1.165, 1.54) is 26.7 Å². The smallest absolute Gasteiger partial charge is 0.276 e. The van der Waals surface area contributed by atoms with Crippen molar-refractivity contribution in [2.75, 3.05) is 0 Å². The maximum Gasteiger partial charge on any atom is 0.276 e. The van der Waals surface area contributed by atoms with Crippen LogP contribution in [0.25, 0.3) is 5.69 Å². The zero-order valence-corrected chi connectivity index (χ0v) is 18.2. The van der Waals surface area contributed by atoms with Gasteiger partial charge in [-0.1, -0.05) is 11.3 Å². The lowest BCUT2D eigenvalue weighted by molar-refractivity contribution is -0.136. The summed E-state index contributed by atoms with van der Waals surface area (Å²) in [4.78, 5) is 64.1. The molecule has 0 radical (unpaired) electrons. The number of benzene rings is 1. The van der Waals surface area contributed by atoms with Crippen molar-refractivity contribution in [2.45, 2.75) is 38.5 Å². The highest BCUT2D eigenvalue weighted by atomic mass is 16.2. The number of rotatable bonds is 3. The Bertz CT molecular complexity index is 1490. The molecule has 6 rings (SSSR count). The first-order valence-corrected chi connectivity index (χ1v) is 10.9. The Kier molecular flexibility index (Phi) is 4.59. The van der Waals surface area contributed by atoms with Gasteiger partial charge in [0.05, 0.1) is 24.1 Å². The molecule has 2 N–H and O–H groups in total. The Hall–Kier alpha value is -4.68. The van der Waals surface area contributed by atoms with E-state index in [9.17, 15) is 24.0 Å². The number of amides is 4. The van der Waals surface area contributed by atoms with Gasteiger partial charge in [-0.05, 0) is 24.1 Å². The van der Waals surface area contributed by atoms with E-state index in [2.05, 4.69) is 25.8 Å². The molecule has 1 atom stereocenters. The largest absolute Gasteiger partial charge is 0.327 e. The van der Waals surface area contributed by atoms with E-state index >= 15 is 0 Å². The third-order valence-corrected chi connectivity index (χ3v) is 6.45. The van der Waals surface area contributed by atoms with E-state index in [0.717, 1.165) is 5.56 Å². The van der Waals surface area contributed by atoms with Crippen molar-refractivity contribution in [3.8, 4) is 5.69 Å². The van der Waals surface area contributed by atoms with Gasteiger partial charge in [0, 0.05) is 36.7 Å². The molecule has 1 unspecified atom stereocenters. The predicted molar refractivity (Wildman–Crippen MR) is 116 cm³/mol. The third-order valence-electron chi connectivity index (χ3n) is 6.45. The molecule has 0 spiro atoms. The fourth-order valence-electron chi connectivity index (χ4n) is 4.66. The van der Waals surface area contributed by atoms with Gasteiger partial charge >= 0.3 is 0 Å². The van der Waals surface area contributed by atoms with Crippen LogP contribution in [0.15, 0.2) is 35.3 Å². The lowest BCUT2D eigenvalue weighted by Crippen LogP contribution is -2.52. The minimum absolute atomic E-state index is 0.112. The standard InChI is InChI=1S/C22H18N8O5/c31-18-4-3-17(20(33)23-18)29-8-11-1-2-13(6-14(11)21(29)34)30-10-16(25-27-30)22(35)28-7-12-5-19(32)26-24-15(12)9-28/h1-2,5-6,10,17H,3-4,7-9H2,(H,26,32)(H,23,31,33). The minimum Gasteiger partial charge on any atom is -0.327 e. The average molecular weight is 474 g/mol. The number of hydrogen-bond donors (Lipinski definition) is 2. The van der Waals surface area contributed by atoms with E-state index < -0.39 is 11.9 Å². The summed E-state index contributed by atoms with van der Waals surface area (Å²) in [5.41, 5.74) is 2.83. The van der Waals surface area contributed by atoms with E-state index in [1.54, 1.807) is 18.2 Å². The van der Waals surface area contributed by atoms with Gasteiger partial charge in [0.25, 0.3) is 17.4 Å². The number of hydrogen-bond acceptors (Lipinski definition) is 8. The molecule has 3 aromatic rings. The number of carbonyl (C=O) groups excluding carboxylic acids is 4. The highest BCUT2D eigenvalue weighted by Gasteiger charge is 2.39. The van der Waals surface area contributed by atoms with Crippen molar-refractivity contribution in [3.05, 3.63) is 68.9 Å². The van der Waals surface area contributed by atoms with Gasteiger partial charge in [-0.3, -0.25) is 29.3 Å². The fraction of sp³-hybridized carbons (Fsp3) is 0.273. The zero-order valence-electron chi connectivity index (χ0n) is 18.2. The van der Waals surface area contributed by atoms with Gasteiger partial charge < -0.3 is 9.80 Å². The van der Waals surface area contributed by atoms with Gasteiger partial charge in [0.15, 0.2) is 5.69 Å². The summed E-state index contributed by atoms with van der Waals surface area (Å²) in [6.45, 7) is 0.774. The first kappa shape index (κ1) is 20.9. The second-order valence-electron chi connectivity index (χ2n) is 8.66. The van der Waals surface area contributed by atoms with Gasteiger partial charge in [-0.2, -0.15) is 5.10 Å². The maximum absolute atomic E-state index is 13.1. The average Bonchev–Trinajstić information content (AvgIpc) is 3.56. The zero-order chi connectivity index (χ0) is 24.3. The number of H-pyrrole nitrogens is 1. The monoisotopic (exact) mass is 474 g/mol. The summed E-state index contributed by atoms with van der Waals surface area (Å²) >= 11 is 0. The fourth-order valence-corrected chi connectivity index (χ4v) is 4.66. The summed E-state index contributed by atoms with van der Waals surface area (Å²) in [5, 5.41) is 16.7. The SMILES string of the molecule is O=C1CCC(N2Cc3ccc(-n4cc(C(=O)N5Cc6cc(=O)[nH]nc6C5)nn4)cc3C2=O)C(=O)N1. The third kappa shape index (κ3) is 3.48. The molecule has 13 heteroatoms. The Balaban J connectivity index is 1.20. The van der Waals surface area contributed by atoms with Crippen LogP contribution in [0.1, 0.15) is 50.5 Å². The summed E-state index contributed by atoms with van der Waals surface area (Å²) in [6, 6.07) is 5.91. The van der Waals surface area contributed by atoms with Crippen LogP contribution in [0.2, 0.25) is 0 Å². The number of aromatic amines is 1. The second kappa shape index (κ2) is 7.68. The van der Waals surface area contributed by atoms with Crippen LogP contribution < -0.4 is 10.9 Å². The molecule has 1 saturated heterocycles. The Morgan fingerprint density at radius 1 is 1.03 bits per heavy atom. The van der Waals surface area contributed by atoms with Crippen LogP contribution in [0.3, 0.4) is 0 Å². The maximum atomic E-state index is 13.1. The van der Waals surface area contributed by atoms with Crippen LogP contribution in [-0.2, 0) is 29.2 Å². The van der Waals surface area contributed by atoms with Crippen molar-refractivity contribution in [3.63, 3.8) is 0 Å². The van der Waals surface area contributed by atoms with E-state index in [0.29, 0.717) is 22.5 Å². The summed E-state index contributed by atoms with van der Waals surface area (Å²) in [7, 11) is 0. The molecule has 13 nitrogen and oxygen atoms in total. The number of fused-ring (bicyclic) bond motifs is 2.